The molecule has 1 saturated heterocycles. The fourth-order valence-corrected chi connectivity index (χ4v) is 3.40. The topological polar surface area (TPSA) is 61.9 Å². The number of hydrogen-bond donors (Lipinski definition) is 1. The molecule has 1 N–H and O–H groups in total. The van der Waals surface area contributed by atoms with Gasteiger partial charge in [0, 0.05) is 44.0 Å². The summed E-state index contributed by atoms with van der Waals surface area (Å²) in [5.41, 5.74) is 1.84. The highest BCUT2D eigenvalue weighted by molar-refractivity contribution is 5.92. The molecule has 0 unspecified atom stereocenters. The van der Waals surface area contributed by atoms with Gasteiger partial charge in [0.15, 0.2) is 6.61 Å². The zero-order valence-corrected chi connectivity index (χ0v) is 18.1. The number of benzene rings is 2. The minimum Gasteiger partial charge on any atom is -0.484 e. The lowest BCUT2D eigenvalue weighted by Gasteiger charge is -2.37. The molecule has 2 aromatic rings. The van der Waals surface area contributed by atoms with Gasteiger partial charge in [-0.25, -0.2) is 0 Å². The number of para-hydroxylation sites is 1. The van der Waals surface area contributed by atoms with Crippen molar-refractivity contribution in [3.8, 4) is 5.75 Å². The molecule has 0 aromatic heterocycles. The number of carbonyl (C=O) groups excluding carboxylic acids is 2. The van der Waals surface area contributed by atoms with Gasteiger partial charge in [-0.05, 0) is 41.8 Å². The third-order valence-corrected chi connectivity index (χ3v) is 4.94. The number of rotatable bonds is 6. The van der Waals surface area contributed by atoms with Crippen molar-refractivity contribution in [2.45, 2.75) is 27.2 Å². The predicted octanol–water partition coefficient (Wildman–Crippen LogP) is 3.79. The van der Waals surface area contributed by atoms with E-state index in [0.29, 0.717) is 12.2 Å². The Morgan fingerprint density at radius 1 is 0.933 bits per heavy atom. The Labute approximate surface area is 178 Å². The van der Waals surface area contributed by atoms with E-state index in [1.54, 1.807) is 0 Å². The fraction of sp³-hybridized carbons (Fsp3) is 0.417. The molecule has 1 aliphatic rings. The van der Waals surface area contributed by atoms with Crippen LogP contribution in [0.5, 0.6) is 5.75 Å². The molecule has 0 saturated carbocycles. The van der Waals surface area contributed by atoms with Gasteiger partial charge in [-0.15, -0.1) is 0 Å². The van der Waals surface area contributed by atoms with E-state index < -0.39 is 0 Å². The molecule has 0 bridgehead atoms. The van der Waals surface area contributed by atoms with Gasteiger partial charge >= 0.3 is 0 Å². The van der Waals surface area contributed by atoms with Gasteiger partial charge in [-0.3, -0.25) is 9.59 Å². The van der Waals surface area contributed by atoms with E-state index >= 15 is 0 Å². The molecule has 0 spiro atoms. The Balaban J connectivity index is 1.45. The first kappa shape index (κ1) is 21.7. The molecular weight excluding hydrogens is 378 g/mol. The summed E-state index contributed by atoms with van der Waals surface area (Å²) in [5, 5.41) is 2.85. The van der Waals surface area contributed by atoms with Crippen LogP contribution >= 0.6 is 0 Å². The zero-order chi connectivity index (χ0) is 21.6. The summed E-state index contributed by atoms with van der Waals surface area (Å²) in [7, 11) is 0. The maximum Gasteiger partial charge on any atom is 0.262 e. The standard InChI is InChI=1S/C24H31N3O3/c1-24(2,3)17-23(29)27-15-13-26(14-16-27)20-11-9-19(10-12-20)25-22(28)18-30-21-7-5-4-6-8-21/h4-12H,13-18H2,1-3H3,(H,25,28). The monoisotopic (exact) mass is 409 g/mol. The SMILES string of the molecule is CC(C)(C)CC(=O)N1CCN(c2ccc(NC(=O)COc3ccccc3)cc2)CC1. The first-order valence-electron chi connectivity index (χ1n) is 10.4. The molecule has 1 heterocycles. The van der Waals surface area contributed by atoms with Crippen molar-refractivity contribution in [1.82, 2.24) is 4.90 Å². The average molecular weight is 410 g/mol. The molecule has 2 amide bonds. The van der Waals surface area contributed by atoms with Crippen molar-refractivity contribution in [3.63, 3.8) is 0 Å². The third-order valence-electron chi connectivity index (χ3n) is 4.94. The van der Waals surface area contributed by atoms with Gasteiger partial charge in [-0.1, -0.05) is 39.0 Å². The number of nitrogens with one attached hydrogen (secondary N) is 1. The summed E-state index contributed by atoms with van der Waals surface area (Å²) in [5.74, 6) is 0.707. The number of carbonyl (C=O) groups is 2. The van der Waals surface area contributed by atoms with Gasteiger partial charge in [-0.2, -0.15) is 0 Å². The van der Waals surface area contributed by atoms with Gasteiger partial charge in [0.2, 0.25) is 5.91 Å². The molecule has 6 nitrogen and oxygen atoms in total. The van der Waals surface area contributed by atoms with Crippen LogP contribution in [0.3, 0.4) is 0 Å². The smallest absolute Gasteiger partial charge is 0.262 e. The molecule has 0 aliphatic carbocycles. The van der Waals surface area contributed by atoms with Crippen molar-refractivity contribution in [2.75, 3.05) is 43.0 Å². The van der Waals surface area contributed by atoms with Crippen LogP contribution in [-0.2, 0) is 9.59 Å². The van der Waals surface area contributed by atoms with Crippen LogP contribution < -0.4 is 15.0 Å². The van der Waals surface area contributed by atoms with Gasteiger partial charge in [0.05, 0.1) is 0 Å². The number of hydrogen-bond acceptors (Lipinski definition) is 4. The molecule has 0 atom stereocenters. The van der Waals surface area contributed by atoms with Crippen LogP contribution in [0.2, 0.25) is 0 Å². The first-order valence-corrected chi connectivity index (χ1v) is 10.4. The predicted molar refractivity (Wildman–Crippen MR) is 120 cm³/mol. The Bertz CT molecular complexity index is 836. The minimum atomic E-state index is -0.197. The fourth-order valence-electron chi connectivity index (χ4n) is 3.40. The maximum absolute atomic E-state index is 12.4. The van der Waals surface area contributed by atoms with Crippen molar-refractivity contribution in [3.05, 3.63) is 54.6 Å². The normalized spacial score (nSPS) is 14.4. The van der Waals surface area contributed by atoms with Crippen molar-refractivity contribution < 1.29 is 14.3 Å². The zero-order valence-electron chi connectivity index (χ0n) is 18.1. The third kappa shape index (κ3) is 6.51. The maximum atomic E-state index is 12.4. The molecule has 160 valence electrons. The van der Waals surface area contributed by atoms with Crippen LogP contribution in [0, 0.1) is 5.41 Å². The Morgan fingerprint density at radius 3 is 2.17 bits per heavy atom. The highest BCUT2D eigenvalue weighted by atomic mass is 16.5. The summed E-state index contributed by atoms with van der Waals surface area (Å²) < 4.78 is 5.47. The number of nitrogens with zero attached hydrogens (tertiary/aromatic N) is 2. The lowest BCUT2D eigenvalue weighted by atomic mass is 9.91. The molecule has 1 aliphatic heterocycles. The first-order chi connectivity index (χ1) is 14.3. The second-order valence-electron chi connectivity index (χ2n) is 8.80. The molecule has 6 heteroatoms. The van der Waals surface area contributed by atoms with Crippen molar-refractivity contribution in [2.24, 2.45) is 5.41 Å². The second kappa shape index (κ2) is 9.65. The van der Waals surface area contributed by atoms with E-state index in [-0.39, 0.29) is 23.8 Å². The van der Waals surface area contributed by atoms with E-state index in [2.05, 4.69) is 31.0 Å². The molecular formula is C24H31N3O3. The van der Waals surface area contributed by atoms with E-state index in [0.717, 1.165) is 37.6 Å². The highest BCUT2D eigenvalue weighted by Gasteiger charge is 2.24. The van der Waals surface area contributed by atoms with Crippen LogP contribution in [0.25, 0.3) is 0 Å². The molecule has 2 aromatic carbocycles. The van der Waals surface area contributed by atoms with Crippen LogP contribution in [0.15, 0.2) is 54.6 Å². The van der Waals surface area contributed by atoms with E-state index in [1.165, 1.54) is 0 Å². The quantitative estimate of drug-likeness (QED) is 0.789. The van der Waals surface area contributed by atoms with Gasteiger partial charge in [0.1, 0.15) is 5.75 Å². The van der Waals surface area contributed by atoms with E-state index in [4.69, 9.17) is 4.74 Å². The van der Waals surface area contributed by atoms with Gasteiger partial charge < -0.3 is 19.9 Å². The van der Waals surface area contributed by atoms with Crippen LogP contribution in [0.4, 0.5) is 11.4 Å². The molecule has 30 heavy (non-hydrogen) atoms. The summed E-state index contributed by atoms with van der Waals surface area (Å²) in [4.78, 5) is 28.7. The largest absolute Gasteiger partial charge is 0.484 e. The average Bonchev–Trinajstić information content (AvgIpc) is 2.72. The summed E-state index contributed by atoms with van der Waals surface area (Å²) in [6, 6.07) is 17.1. The van der Waals surface area contributed by atoms with Crippen LogP contribution in [0.1, 0.15) is 27.2 Å². The Kier molecular flexibility index (Phi) is 6.98. The second-order valence-corrected chi connectivity index (χ2v) is 8.80. The lowest BCUT2D eigenvalue weighted by Crippen LogP contribution is -2.49. The van der Waals surface area contributed by atoms with Gasteiger partial charge in [0.25, 0.3) is 5.91 Å². The number of amides is 2. The summed E-state index contributed by atoms with van der Waals surface area (Å²) >= 11 is 0. The summed E-state index contributed by atoms with van der Waals surface area (Å²) in [6.07, 6.45) is 0.579. The van der Waals surface area contributed by atoms with Crippen molar-refractivity contribution >= 4 is 23.2 Å². The van der Waals surface area contributed by atoms with Crippen LogP contribution in [-0.4, -0.2) is 49.5 Å². The summed E-state index contributed by atoms with van der Waals surface area (Å²) in [6.45, 7) is 9.35. The number of ether oxygens (including phenoxy) is 1. The molecule has 3 rings (SSSR count). The number of piperazine rings is 1. The number of anilines is 2. The van der Waals surface area contributed by atoms with E-state index in [1.807, 2.05) is 59.5 Å². The van der Waals surface area contributed by atoms with E-state index in [9.17, 15) is 9.59 Å². The van der Waals surface area contributed by atoms with Crippen molar-refractivity contribution in [1.29, 1.82) is 0 Å². The Hall–Kier alpha value is -3.02. The Morgan fingerprint density at radius 2 is 1.57 bits per heavy atom. The highest BCUT2D eigenvalue weighted by Crippen LogP contribution is 2.23. The molecule has 0 radical (unpaired) electrons. The lowest BCUT2D eigenvalue weighted by molar-refractivity contribution is -0.133. The molecule has 1 fully saturated rings. The minimum absolute atomic E-state index is 0.0145.